The molecule has 0 saturated carbocycles. The van der Waals surface area contributed by atoms with Crippen molar-refractivity contribution < 1.29 is 13.2 Å². The van der Waals surface area contributed by atoms with Crippen LogP contribution in [0, 0.1) is 0 Å². The quantitative estimate of drug-likeness (QED) is 0.766. The zero-order valence-corrected chi connectivity index (χ0v) is 17.1. The van der Waals surface area contributed by atoms with Gasteiger partial charge in [0.05, 0.1) is 11.4 Å². The van der Waals surface area contributed by atoms with Crippen molar-refractivity contribution in [2.75, 3.05) is 32.0 Å². The maximum atomic E-state index is 12.8. The Kier molecular flexibility index (Phi) is 6.64. The predicted octanol–water partition coefficient (Wildman–Crippen LogP) is 2.99. The van der Waals surface area contributed by atoms with Gasteiger partial charge in [0.2, 0.25) is 15.9 Å². The summed E-state index contributed by atoms with van der Waals surface area (Å²) in [5.41, 5.74) is 1.67. The minimum absolute atomic E-state index is 0.166. The molecular weight excluding hydrogens is 382 g/mol. The van der Waals surface area contributed by atoms with Gasteiger partial charge in [0.15, 0.2) is 0 Å². The van der Waals surface area contributed by atoms with E-state index in [4.69, 9.17) is 0 Å². The van der Waals surface area contributed by atoms with E-state index in [0.717, 1.165) is 19.3 Å². The summed E-state index contributed by atoms with van der Waals surface area (Å²) in [6.45, 7) is 2.05. The van der Waals surface area contributed by atoms with Crippen LogP contribution in [0.4, 0.5) is 5.69 Å². The van der Waals surface area contributed by atoms with Crippen molar-refractivity contribution in [2.24, 2.45) is 0 Å². The fraction of sp³-hybridized carbons (Fsp3) is 0.421. The number of hydrogen-bond donors (Lipinski definition) is 1. The van der Waals surface area contributed by atoms with Gasteiger partial charge in [-0.15, -0.1) is 0 Å². The lowest BCUT2D eigenvalue weighted by Gasteiger charge is -2.26. The van der Waals surface area contributed by atoms with Crippen molar-refractivity contribution in [3.05, 3.63) is 46.7 Å². The fourth-order valence-electron chi connectivity index (χ4n) is 3.18. The molecule has 1 fully saturated rings. The molecule has 6 nitrogen and oxygen atoms in total. The fourth-order valence-corrected chi connectivity index (χ4v) is 5.41. The van der Waals surface area contributed by atoms with Gasteiger partial charge in [-0.3, -0.25) is 9.69 Å². The Morgan fingerprint density at radius 3 is 2.70 bits per heavy atom. The maximum absolute atomic E-state index is 12.8. The summed E-state index contributed by atoms with van der Waals surface area (Å²) in [5.74, 6) is -0.166. The van der Waals surface area contributed by atoms with Crippen LogP contribution in [0.15, 0.2) is 46.0 Å². The molecule has 1 saturated heterocycles. The van der Waals surface area contributed by atoms with Crippen LogP contribution in [0.3, 0.4) is 0 Å². The number of hydrogen-bond acceptors (Lipinski definition) is 5. The van der Waals surface area contributed by atoms with Crippen LogP contribution in [0.5, 0.6) is 0 Å². The molecule has 2 heterocycles. The molecule has 0 atom stereocenters. The highest BCUT2D eigenvalue weighted by Gasteiger charge is 2.26. The molecule has 0 radical (unpaired) electrons. The normalized spacial score (nSPS) is 15.8. The average molecular weight is 408 g/mol. The largest absolute Gasteiger partial charge is 0.325 e. The Morgan fingerprint density at radius 2 is 2.00 bits per heavy atom. The van der Waals surface area contributed by atoms with Crippen LogP contribution in [-0.2, 0) is 21.4 Å². The number of thiophene rings is 1. The molecule has 0 bridgehead atoms. The van der Waals surface area contributed by atoms with Crippen molar-refractivity contribution >= 4 is 33.0 Å². The van der Waals surface area contributed by atoms with E-state index in [2.05, 4.69) is 10.7 Å². The number of sulfonamides is 1. The second-order valence-electron chi connectivity index (χ2n) is 6.84. The van der Waals surface area contributed by atoms with E-state index in [0.29, 0.717) is 25.3 Å². The number of benzene rings is 1. The maximum Gasteiger partial charge on any atom is 0.243 e. The number of carbonyl (C=O) groups excluding carboxylic acids is 1. The minimum atomic E-state index is -3.50. The van der Waals surface area contributed by atoms with Crippen LogP contribution in [-0.4, -0.2) is 50.2 Å². The summed E-state index contributed by atoms with van der Waals surface area (Å²) >= 11 is 1.63. The van der Waals surface area contributed by atoms with Gasteiger partial charge in [0.25, 0.3) is 0 Å². The molecule has 0 aliphatic carbocycles. The van der Waals surface area contributed by atoms with E-state index in [1.54, 1.807) is 35.6 Å². The number of nitrogens with zero attached hydrogens (tertiary/aromatic N) is 2. The first kappa shape index (κ1) is 20.0. The Balaban J connectivity index is 1.62. The molecule has 2 aromatic rings. The molecule has 3 rings (SSSR count). The Labute approximate surface area is 164 Å². The zero-order chi connectivity index (χ0) is 19.3. The topological polar surface area (TPSA) is 69.7 Å². The van der Waals surface area contributed by atoms with Crippen molar-refractivity contribution in [1.29, 1.82) is 0 Å². The summed E-state index contributed by atoms with van der Waals surface area (Å²) in [4.78, 5) is 14.5. The summed E-state index contributed by atoms with van der Waals surface area (Å²) in [6.07, 6.45) is 2.86. The van der Waals surface area contributed by atoms with Crippen molar-refractivity contribution in [3.63, 3.8) is 0 Å². The lowest BCUT2D eigenvalue weighted by Crippen LogP contribution is -2.35. The SMILES string of the molecule is CN(CC(=O)Nc1cccc(S(=O)(=O)N2CCCCC2)c1)Cc1ccsc1. The van der Waals surface area contributed by atoms with Crippen LogP contribution in [0.1, 0.15) is 24.8 Å². The molecule has 27 heavy (non-hydrogen) atoms. The molecule has 0 unspecified atom stereocenters. The highest BCUT2D eigenvalue weighted by Crippen LogP contribution is 2.23. The number of likely N-dealkylation sites (N-methyl/N-ethyl adjacent to an activating group) is 1. The minimum Gasteiger partial charge on any atom is -0.325 e. The van der Waals surface area contributed by atoms with Crippen molar-refractivity contribution in [3.8, 4) is 0 Å². The first-order chi connectivity index (χ1) is 12.9. The molecule has 1 aliphatic rings. The highest BCUT2D eigenvalue weighted by molar-refractivity contribution is 7.89. The van der Waals surface area contributed by atoms with Gasteiger partial charge < -0.3 is 5.32 Å². The average Bonchev–Trinajstić information content (AvgIpc) is 3.15. The van der Waals surface area contributed by atoms with Gasteiger partial charge in [-0.2, -0.15) is 15.6 Å². The first-order valence-electron chi connectivity index (χ1n) is 9.05. The zero-order valence-electron chi connectivity index (χ0n) is 15.4. The van der Waals surface area contributed by atoms with Crippen molar-refractivity contribution in [2.45, 2.75) is 30.7 Å². The summed E-state index contributed by atoms with van der Waals surface area (Å²) < 4.78 is 27.1. The molecule has 1 aliphatic heterocycles. The van der Waals surface area contributed by atoms with Gasteiger partial charge >= 0.3 is 0 Å². The number of anilines is 1. The number of carbonyl (C=O) groups is 1. The lowest BCUT2D eigenvalue weighted by molar-refractivity contribution is -0.117. The van der Waals surface area contributed by atoms with Gasteiger partial charge in [-0.1, -0.05) is 12.5 Å². The van der Waals surface area contributed by atoms with Crippen LogP contribution < -0.4 is 5.32 Å². The number of amides is 1. The Morgan fingerprint density at radius 1 is 1.22 bits per heavy atom. The van der Waals surface area contributed by atoms with Gasteiger partial charge in [0, 0.05) is 25.3 Å². The smallest absolute Gasteiger partial charge is 0.243 e. The van der Waals surface area contributed by atoms with E-state index in [1.165, 1.54) is 9.87 Å². The third-order valence-electron chi connectivity index (χ3n) is 4.52. The van der Waals surface area contributed by atoms with Crippen LogP contribution >= 0.6 is 11.3 Å². The summed E-state index contributed by atoms with van der Waals surface area (Å²) in [6, 6.07) is 8.55. The Bertz CT molecular complexity index is 860. The molecule has 1 amide bonds. The third kappa shape index (κ3) is 5.38. The van der Waals surface area contributed by atoms with E-state index >= 15 is 0 Å². The molecule has 8 heteroatoms. The van der Waals surface area contributed by atoms with Crippen molar-refractivity contribution in [1.82, 2.24) is 9.21 Å². The highest BCUT2D eigenvalue weighted by atomic mass is 32.2. The molecule has 0 spiro atoms. The van der Waals surface area contributed by atoms with Gasteiger partial charge in [-0.05, 0) is 60.5 Å². The second kappa shape index (κ2) is 8.97. The van der Waals surface area contributed by atoms with Gasteiger partial charge in [0.1, 0.15) is 0 Å². The molecule has 1 aromatic carbocycles. The lowest BCUT2D eigenvalue weighted by atomic mass is 10.2. The molecular formula is C19H25N3O3S2. The first-order valence-corrected chi connectivity index (χ1v) is 11.4. The van der Waals surface area contributed by atoms with E-state index in [-0.39, 0.29) is 17.3 Å². The molecule has 1 aromatic heterocycles. The molecule has 146 valence electrons. The van der Waals surface area contributed by atoms with Crippen LogP contribution in [0.2, 0.25) is 0 Å². The summed E-state index contributed by atoms with van der Waals surface area (Å²) in [5, 5.41) is 6.88. The van der Waals surface area contributed by atoms with E-state index in [1.807, 2.05) is 23.4 Å². The van der Waals surface area contributed by atoms with Crippen LogP contribution in [0.25, 0.3) is 0 Å². The number of piperidine rings is 1. The third-order valence-corrected chi connectivity index (χ3v) is 7.14. The van der Waals surface area contributed by atoms with E-state index in [9.17, 15) is 13.2 Å². The van der Waals surface area contributed by atoms with Gasteiger partial charge in [-0.25, -0.2) is 8.42 Å². The summed E-state index contributed by atoms with van der Waals surface area (Å²) in [7, 11) is -1.62. The number of rotatable bonds is 7. The standard InChI is InChI=1S/C19H25N3O3S2/c1-21(13-16-8-11-26-15-16)14-19(23)20-17-6-5-7-18(12-17)27(24,25)22-9-3-2-4-10-22/h5-8,11-12,15H,2-4,9-10,13-14H2,1H3,(H,20,23). The van der Waals surface area contributed by atoms with E-state index < -0.39 is 10.0 Å². The number of nitrogens with one attached hydrogen (secondary N) is 1. The Hall–Kier alpha value is -1.74. The predicted molar refractivity (Wildman–Crippen MR) is 108 cm³/mol. The monoisotopic (exact) mass is 407 g/mol. The second-order valence-corrected chi connectivity index (χ2v) is 9.56. The molecule has 1 N–H and O–H groups in total.